The number of pyridine rings is 1. The predicted octanol–water partition coefficient (Wildman–Crippen LogP) is 1.79. The lowest BCUT2D eigenvalue weighted by molar-refractivity contribution is -0.481. The van der Waals surface area contributed by atoms with E-state index in [0.717, 1.165) is 50.3 Å². The van der Waals surface area contributed by atoms with Gasteiger partial charge in [0.2, 0.25) is 5.65 Å². The molecule has 0 aliphatic rings. The van der Waals surface area contributed by atoms with Crippen LogP contribution in [-0.2, 0) is 0 Å². The van der Waals surface area contributed by atoms with Gasteiger partial charge in [-0.25, -0.2) is 14.5 Å². The molecule has 0 aliphatic carbocycles. The lowest BCUT2D eigenvalue weighted by Crippen LogP contribution is -2.44. The van der Waals surface area contributed by atoms with E-state index in [4.69, 9.17) is 4.84 Å². The second-order valence-electron chi connectivity index (χ2n) is 5.77. The molecule has 0 radical (unpaired) electrons. The fraction of sp³-hybridized carbons (Fsp3) is 0.625. The molecule has 2 rings (SSSR count). The first-order valence-electron chi connectivity index (χ1n) is 8.31. The summed E-state index contributed by atoms with van der Waals surface area (Å²) in [7, 11) is 3.97. The van der Waals surface area contributed by atoms with Gasteiger partial charge in [-0.1, -0.05) is 31.5 Å². The van der Waals surface area contributed by atoms with Gasteiger partial charge in [-0.3, -0.25) is 4.84 Å². The molecule has 0 fully saturated rings. The van der Waals surface area contributed by atoms with Gasteiger partial charge in [0.05, 0.1) is 27.2 Å². The van der Waals surface area contributed by atoms with Crippen molar-refractivity contribution in [2.24, 2.45) is 0 Å². The summed E-state index contributed by atoms with van der Waals surface area (Å²) in [4.78, 5) is 14.0. The van der Waals surface area contributed by atoms with Crippen LogP contribution in [0.15, 0.2) is 18.3 Å². The number of hydrogen-bond donors (Lipinski definition) is 0. The van der Waals surface area contributed by atoms with Crippen LogP contribution in [0.3, 0.4) is 0 Å². The second-order valence-corrected chi connectivity index (χ2v) is 5.77. The van der Waals surface area contributed by atoms with Crippen molar-refractivity contribution < 1.29 is 9.41 Å². The molecule has 126 valence electrons. The first-order valence-corrected chi connectivity index (χ1v) is 8.31. The molecule has 0 spiro atoms. The maximum Gasteiger partial charge on any atom is 0.472 e. The monoisotopic (exact) mass is 319 g/mol. The van der Waals surface area contributed by atoms with Gasteiger partial charge in [0.1, 0.15) is 0 Å². The zero-order valence-electron chi connectivity index (χ0n) is 14.6. The Labute approximate surface area is 137 Å². The summed E-state index contributed by atoms with van der Waals surface area (Å²) in [5, 5.41) is 8.11. The van der Waals surface area contributed by atoms with Crippen LogP contribution in [0.5, 0.6) is 0 Å². The van der Waals surface area contributed by atoms with Crippen LogP contribution in [0.25, 0.3) is 11.2 Å². The first kappa shape index (κ1) is 17.2. The largest absolute Gasteiger partial charge is 0.472 e. The molecule has 7 heteroatoms. The Morgan fingerprint density at radius 1 is 1.22 bits per heavy atom. The first-order chi connectivity index (χ1) is 11.2. The molecule has 0 saturated heterocycles. The third-order valence-corrected chi connectivity index (χ3v) is 3.58. The molecule has 2 aromatic heterocycles. The summed E-state index contributed by atoms with van der Waals surface area (Å²) in [6.45, 7) is 6.33. The van der Waals surface area contributed by atoms with Gasteiger partial charge in [-0.2, -0.15) is 0 Å². The highest BCUT2D eigenvalue weighted by Crippen LogP contribution is 2.06. The molecule has 7 nitrogen and oxygen atoms in total. The number of nitrogens with zero attached hydrogens (tertiary/aromatic N) is 6. The Bertz CT molecular complexity index is 639. The van der Waals surface area contributed by atoms with E-state index in [1.165, 1.54) is 4.85 Å². The van der Waals surface area contributed by atoms with Crippen molar-refractivity contribution in [2.75, 3.05) is 27.2 Å². The molecule has 2 heterocycles. The van der Waals surface area contributed by atoms with Crippen molar-refractivity contribution in [3.8, 4) is 0 Å². The highest BCUT2D eigenvalue weighted by atomic mass is 16.7. The van der Waals surface area contributed by atoms with E-state index in [0.29, 0.717) is 5.65 Å². The Morgan fingerprint density at radius 3 is 2.52 bits per heavy atom. The molecule has 23 heavy (non-hydrogen) atoms. The quantitative estimate of drug-likeness (QED) is 0.442. The lowest BCUT2D eigenvalue weighted by atomic mass is 10.3. The fourth-order valence-electron chi connectivity index (χ4n) is 2.31. The highest BCUT2D eigenvalue weighted by Gasteiger charge is 2.24. The molecular weight excluding hydrogens is 292 g/mol. The zero-order valence-corrected chi connectivity index (χ0v) is 14.6. The van der Waals surface area contributed by atoms with Crippen LogP contribution < -0.4 is 4.84 Å². The Balaban J connectivity index is 2.24. The van der Waals surface area contributed by atoms with E-state index in [-0.39, 0.29) is 0 Å². The van der Waals surface area contributed by atoms with Crippen molar-refractivity contribution in [1.82, 2.24) is 25.0 Å². The summed E-state index contributed by atoms with van der Waals surface area (Å²) in [5.41, 5.74) is 1.34. The van der Waals surface area contributed by atoms with Crippen molar-refractivity contribution >= 4 is 17.2 Å². The lowest BCUT2D eigenvalue weighted by Gasteiger charge is -2.19. The molecule has 0 aromatic carbocycles. The van der Waals surface area contributed by atoms with Crippen LogP contribution in [0, 0.1) is 0 Å². The van der Waals surface area contributed by atoms with Crippen LogP contribution >= 0.6 is 0 Å². The van der Waals surface area contributed by atoms with Gasteiger partial charge in [-0.05, 0) is 30.2 Å². The number of amidine groups is 1. The van der Waals surface area contributed by atoms with Gasteiger partial charge in [-0.15, -0.1) is 5.10 Å². The van der Waals surface area contributed by atoms with Gasteiger partial charge in [0.15, 0.2) is 5.52 Å². The maximum absolute atomic E-state index is 6.06. The Hall–Kier alpha value is -2.18. The molecule has 0 amide bonds. The third kappa shape index (κ3) is 4.40. The van der Waals surface area contributed by atoms with Crippen LogP contribution in [0.4, 0.5) is 0 Å². The summed E-state index contributed by atoms with van der Waals surface area (Å²) >= 11 is 0. The summed E-state index contributed by atoms with van der Waals surface area (Å²) < 4.78 is 1.98. The summed E-state index contributed by atoms with van der Waals surface area (Å²) in [5.74, 6) is 0. The van der Waals surface area contributed by atoms with Crippen molar-refractivity contribution in [3.63, 3.8) is 0 Å². The van der Waals surface area contributed by atoms with E-state index < -0.39 is 0 Å². The Morgan fingerprint density at radius 2 is 1.91 bits per heavy atom. The van der Waals surface area contributed by atoms with E-state index in [1.807, 2.05) is 30.8 Å². The van der Waals surface area contributed by atoms with E-state index in [2.05, 4.69) is 34.0 Å². The number of hydrogen-bond acceptors (Lipinski definition) is 4. The zero-order chi connectivity index (χ0) is 16.7. The number of unbranched alkanes of at least 4 members (excludes halogenated alkanes) is 2. The summed E-state index contributed by atoms with van der Waals surface area (Å²) in [6.07, 6.45) is 6.26. The predicted molar refractivity (Wildman–Crippen MR) is 90.4 cm³/mol. The van der Waals surface area contributed by atoms with E-state index in [1.54, 1.807) is 6.20 Å². The molecule has 0 atom stereocenters. The maximum atomic E-state index is 6.06. The molecule has 0 bridgehead atoms. The molecule has 0 unspecified atom stereocenters. The summed E-state index contributed by atoms with van der Waals surface area (Å²) in [6, 6.07) is 4.53. The minimum Gasteiger partial charge on any atom is -0.278 e. The van der Waals surface area contributed by atoms with E-state index in [9.17, 15) is 0 Å². The fourth-order valence-corrected chi connectivity index (χ4v) is 2.31. The number of aromatic nitrogens is 4. The third-order valence-electron chi connectivity index (χ3n) is 3.58. The average Bonchev–Trinajstić information content (AvgIpc) is 2.96. The molecule has 0 aliphatic heterocycles. The molecule has 0 saturated carbocycles. The SMILES string of the molecule is CCCCN(CCCC)C(On1nnc2ncccc21)=[N+](C)C. The average molecular weight is 319 g/mol. The Kier molecular flexibility index (Phi) is 6.31. The smallest absolute Gasteiger partial charge is 0.278 e. The highest BCUT2D eigenvalue weighted by molar-refractivity contribution is 5.72. The number of rotatable bonds is 7. The van der Waals surface area contributed by atoms with Crippen LogP contribution in [0.2, 0.25) is 0 Å². The molecule has 0 N–H and O–H groups in total. The second kappa shape index (κ2) is 8.45. The van der Waals surface area contributed by atoms with Gasteiger partial charge >= 0.3 is 6.02 Å². The van der Waals surface area contributed by atoms with E-state index >= 15 is 0 Å². The minimum atomic E-state index is 0.583. The molecular formula is C16H27N6O+. The molecule has 2 aromatic rings. The van der Waals surface area contributed by atoms with Gasteiger partial charge in [0.25, 0.3) is 0 Å². The normalized spacial score (nSPS) is 10.8. The van der Waals surface area contributed by atoms with Crippen molar-refractivity contribution in [3.05, 3.63) is 18.3 Å². The van der Waals surface area contributed by atoms with Crippen LogP contribution in [-0.4, -0.2) is 62.8 Å². The van der Waals surface area contributed by atoms with Crippen LogP contribution in [0.1, 0.15) is 39.5 Å². The van der Waals surface area contributed by atoms with Crippen molar-refractivity contribution in [1.29, 1.82) is 0 Å². The standard InChI is InChI=1S/C16H27N6O/c1-5-7-12-21(13-8-6-2)16(20(3)4)23-22-14-10-9-11-17-15(14)18-19-22/h9-11H,5-8,12-13H2,1-4H3/q+1. The van der Waals surface area contributed by atoms with Gasteiger partial charge in [0, 0.05) is 6.20 Å². The minimum absolute atomic E-state index is 0.583. The number of fused-ring (bicyclic) bond motifs is 1. The van der Waals surface area contributed by atoms with Gasteiger partial charge < -0.3 is 0 Å². The topological polar surface area (TPSA) is 59.1 Å². The van der Waals surface area contributed by atoms with Crippen molar-refractivity contribution in [2.45, 2.75) is 39.5 Å².